The number of hydrogen-bond donors (Lipinski definition) is 1. The molecule has 5 unspecified atom stereocenters. The SMILES string of the molecule is Brc1ccccc1NC1CC2CC1C1CCCC21. The fraction of sp³-hybridized carbons (Fsp3) is 0.625. The van der Waals surface area contributed by atoms with Gasteiger partial charge in [0, 0.05) is 16.2 Å². The first-order valence-corrected chi connectivity index (χ1v) is 8.13. The lowest BCUT2D eigenvalue weighted by Crippen LogP contribution is -2.33. The largest absolute Gasteiger partial charge is 0.381 e. The third-order valence-corrected chi connectivity index (χ3v) is 6.33. The van der Waals surface area contributed by atoms with Gasteiger partial charge in [-0.05, 0) is 77.4 Å². The Bertz CT molecular complexity index is 458. The Morgan fingerprint density at radius 1 is 1.00 bits per heavy atom. The van der Waals surface area contributed by atoms with Crippen molar-refractivity contribution in [3.8, 4) is 0 Å². The van der Waals surface area contributed by atoms with Crippen LogP contribution in [0.3, 0.4) is 0 Å². The van der Waals surface area contributed by atoms with Crippen molar-refractivity contribution in [1.29, 1.82) is 0 Å². The Morgan fingerprint density at radius 3 is 2.72 bits per heavy atom. The molecule has 4 rings (SSSR count). The first-order chi connectivity index (χ1) is 8.83. The summed E-state index contributed by atoms with van der Waals surface area (Å²) in [6.07, 6.45) is 7.42. The predicted molar refractivity (Wildman–Crippen MR) is 78.6 cm³/mol. The van der Waals surface area contributed by atoms with E-state index in [1.165, 1.54) is 42.3 Å². The van der Waals surface area contributed by atoms with Crippen LogP contribution in [-0.4, -0.2) is 6.04 Å². The molecule has 1 aromatic carbocycles. The van der Waals surface area contributed by atoms with E-state index in [1.54, 1.807) is 0 Å². The maximum Gasteiger partial charge on any atom is 0.0486 e. The Morgan fingerprint density at radius 2 is 1.83 bits per heavy atom. The van der Waals surface area contributed by atoms with Gasteiger partial charge in [-0.3, -0.25) is 0 Å². The molecule has 0 amide bonds. The lowest BCUT2D eigenvalue weighted by atomic mass is 9.79. The molecule has 2 bridgehead atoms. The van der Waals surface area contributed by atoms with E-state index in [0.29, 0.717) is 0 Å². The van der Waals surface area contributed by atoms with Crippen LogP contribution in [0.4, 0.5) is 5.69 Å². The van der Waals surface area contributed by atoms with Gasteiger partial charge >= 0.3 is 0 Å². The van der Waals surface area contributed by atoms with E-state index >= 15 is 0 Å². The first kappa shape index (κ1) is 11.3. The van der Waals surface area contributed by atoms with Crippen molar-refractivity contribution in [2.45, 2.75) is 38.1 Å². The van der Waals surface area contributed by atoms with Gasteiger partial charge in [0.05, 0.1) is 0 Å². The second-order valence-electron chi connectivity index (χ2n) is 6.38. The molecule has 0 radical (unpaired) electrons. The molecule has 1 N–H and O–H groups in total. The summed E-state index contributed by atoms with van der Waals surface area (Å²) in [5.41, 5.74) is 1.28. The van der Waals surface area contributed by atoms with E-state index in [0.717, 1.165) is 29.7 Å². The summed E-state index contributed by atoms with van der Waals surface area (Å²) in [4.78, 5) is 0. The minimum Gasteiger partial charge on any atom is -0.381 e. The van der Waals surface area contributed by atoms with Crippen molar-refractivity contribution in [2.24, 2.45) is 23.7 Å². The topological polar surface area (TPSA) is 12.0 Å². The number of nitrogens with one attached hydrogen (secondary N) is 1. The zero-order valence-corrected chi connectivity index (χ0v) is 12.2. The van der Waals surface area contributed by atoms with E-state index in [-0.39, 0.29) is 0 Å². The Balaban J connectivity index is 1.53. The average Bonchev–Trinajstić information content (AvgIpc) is 3.03. The van der Waals surface area contributed by atoms with Gasteiger partial charge in [0.2, 0.25) is 0 Å². The maximum atomic E-state index is 3.81. The summed E-state index contributed by atoms with van der Waals surface area (Å²) in [7, 11) is 0. The van der Waals surface area contributed by atoms with Crippen LogP contribution in [0.1, 0.15) is 32.1 Å². The average molecular weight is 306 g/mol. The fourth-order valence-electron chi connectivity index (χ4n) is 5.01. The maximum absolute atomic E-state index is 3.81. The second kappa shape index (κ2) is 4.26. The molecule has 5 atom stereocenters. The number of halogens is 1. The molecule has 0 spiro atoms. The highest BCUT2D eigenvalue weighted by molar-refractivity contribution is 9.10. The Hall–Kier alpha value is -0.500. The second-order valence-corrected chi connectivity index (χ2v) is 7.24. The lowest BCUT2D eigenvalue weighted by Gasteiger charge is -2.33. The van der Waals surface area contributed by atoms with E-state index in [1.807, 2.05) is 0 Å². The lowest BCUT2D eigenvalue weighted by molar-refractivity contribution is 0.243. The molecule has 3 fully saturated rings. The standard InChI is InChI=1S/C16H20BrN/c17-14-6-1-2-7-15(14)18-16-9-10-8-13(16)12-5-3-4-11(10)12/h1-2,6-7,10-13,16,18H,3-5,8-9H2. The van der Waals surface area contributed by atoms with Crippen molar-refractivity contribution in [1.82, 2.24) is 0 Å². The molecule has 3 saturated carbocycles. The third-order valence-electron chi connectivity index (χ3n) is 5.64. The number of rotatable bonds is 2. The molecule has 3 aliphatic rings. The molecule has 0 aromatic heterocycles. The molecule has 0 saturated heterocycles. The summed E-state index contributed by atoms with van der Waals surface area (Å²) in [6.45, 7) is 0. The molecule has 3 aliphatic carbocycles. The van der Waals surface area contributed by atoms with Gasteiger partial charge in [0.25, 0.3) is 0 Å². The highest BCUT2D eigenvalue weighted by Gasteiger charge is 2.53. The van der Waals surface area contributed by atoms with Gasteiger partial charge < -0.3 is 5.32 Å². The smallest absolute Gasteiger partial charge is 0.0486 e. The van der Waals surface area contributed by atoms with Crippen LogP contribution in [0, 0.1) is 23.7 Å². The Labute approximate surface area is 117 Å². The van der Waals surface area contributed by atoms with Crippen LogP contribution in [0.5, 0.6) is 0 Å². The summed E-state index contributed by atoms with van der Waals surface area (Å²) < 4.78 is 1.20. The van der Waals surface area contributed by atoms with Gasteiger partial charge in [-0.15, -0.1) is 0 Å². The Kier molecular flexibility index (Phi) is 2.68. The summed E-state index contributed by atoms with van der Waals surface area (Å²) >= 11 is 3.65. The molecule has 0 heterocycles. The van der Waals surface area contributed by atoms with Crippen molar-refractivity contribution >= 4 is 21.6 Å². The van der Waals surface area contributed by atoms with Gasteiger partial charge in [-0.2, -0.15) is 0 Å². The van der Waals surface area contributed by atoms with E-state index in [9.17, 15) is 0 Å². The number of benzene rings is 1. The molecule has 1 nitrogen and oxygen atoms in total. The highest BCUT2D eigenvalue weighted by Crippen LogP contribution is 2.59. The van der Waals surface area contributed by atoms with E-state index in [4.69, 9.17) is 0 Å². The van der Waals surface area contributed by atoms with Gasteiger partial charge in [-0.25, -0.2) is 0 Å². The number of para-hydroxylation sites is 1. The minimum atomic E-state index is 0.730. The molecular weight excluding hydrogens is 286 g/mol. The molecule has 96 valence electrons. The number of fused-ring (bicyclic) bond motifs is 5. The van der Waals surface area contributed by atoms with Crippen LogP contribution in [0.15, 0.2) is 28.7 Å². The number of anilines is 1. The predicted octanol–water partition coefficient (Wildman–Crippen LogP) is 4.69. The van der Waals surface area contributed by atoms with Crippen molar-refractivity contribution in [3.63, 3.8) is 0 Å². The molecule has 2 heteroatoms. The highest BCUT2D eigenvalue weighted by atomic mass is 79.9. The van der Waals surface area contributed by atoms with Crippen LogP contribution < -0.4 is 5.32 Å². The molecule has 0 aliphatic heterocycles. The minimum absolute atomic E-state index is 0.730. The number of hydrogen-bond acceptors (Lipinski definition) is 1. The third kappa shape index (κ3) is 1.65. The summed E-state index contributed by atoms with van der Waals surface area (Å²) in [6, 6.07) is 9.27. The van der Waals surface area contributed by atoms with Crippen LogP contribution in [0.25, 0.3) is 0 Å². The zero-order chi connectivity index (χ0) is 12.1. The molecule has 1 aromatic rings. The fourth-order valence-corrected chi connectivity index (χ4v) is 5.41. The van der Waals surface area contributed by atoms with Crippen LogP contribution in [0.2, 0.25) is 0 Å². The van der Waals surface area contributed by atoms with Crippen molar-refractivity contribution < 1.29 is 0 Å². The van der Waals surface area contributed by atoms with Crippen LogP contribution in [-0.2, 0) is 0 Å². The van der Waals surface area contributed by atoms with Gasteiger partial charge in [0.1, 0.15) is 0 Å². The molecular formula is C16H20BrN. The normalized spacial score (nSPS) is 41.1. The summed E-state index contributed by atoms with van der Waals surface area (Å²) in [5, 5.41) is 3.81. The van der Waals surface area contributed by atoms with E-state index < -0.39 is 0 Å². The van der Waals surface area contributed by atoms with Gasteiger partial charge in [-0.1, -0.05) is 18.6 Å². The molecule has 18 heavy (non-hydrogen) atoms. The van der Waals surface area contributed by atoms with Gasteiger partial charge in [0.15, 0.2) is 0 Å². The monoisotopic (exact) mass is 305 g/mol. The first-order valence-electron chi connectivity index (χ1n) is 7.34. The van der Waals surface area contributed by atoms with E-state index in [2.05, 4.69) is 45.5 Å². The van der Waals surface area contributed by atoms with Crippen molar-refractivity contribution in [3.05, 3.63) is 28.7 Å². The quantitative estimate of drug-likeness (QED) is 0.836. The summed E-state index contributed by atoms with van der Waals surface area (Å²) in [5.74, 6) is 4.12. The van der Waals surface area contributed by atoms with Crippen LogP contribution >= 0.6 is 15.9 Å². The van der Waals surface area contributed by atoms with Crippen molar-refractivity contribution in [2.75, 3.05) is 5.32 Å². The zero-order valence-electron chi connectivity index (χ0n) is 10.6.